The summed E-state index contributed by atoms with van der Waals surface area (Å²) in [4.78, 5) is 8.31. The normalized spacial score (nSPS) is 12.8. The van der Waals surface area contributed by atoms with Crippen LogP contribution in [0.25, 0.3) is 0 Å². The Labute approximate surface area is 97.1 Å². The fraction of sp³-hybridized carbons (Fsp3) is 0.667. The molecule has 0 aliphatic rings. The monoisotopic (exact) mass is 223 g/mol. The van der Waals surface area contributed by atoms with E-state index in [1.165, 1.54) is 0 Å². The summed E-state index contributed by atoms with van der Waals surface area (Å²) < 4.78 is 0. The molecule has 4 nitrogen and oxygen atoms in total. The average molecular weight is 223 g/mol. The molecule has 0 radical (unpaired) electrons. The van der Waals surface area contributed by atoms with Gasteiger partial charge in [0.1, 0.15) is 5.82 Å². The van der Waals surface area contributed by atoms with E-state index in [0.717, 1.165) is 24.4 Å². The van der Waals surface area contributed by atoms with E-state index in [9.17, 15) is 5.11 Å². The summed E-state index contributed by atoms with van der Waals surface area (Å²) in [6.45, 7) is 6.63. The van der Waals surface area contributed by atoms with Gasteiger partial charge in [-0.25, -0.2) is 4.98 Å². The van der Waals surface area contributed by atoms with Crippen molar-refractivity contribution >= 4 is 5.82 Å². The van der Waals surface area contributed by atoms with Crippen LogP contribution in [0.4, 0.5) is 5.82 Å². The highest BCUT2D eigenvalue weighted by Crippen LogP contribution is 2.13. The number of aryl methyl sites for hydroxylation is 1. The molecule has 1 rings (SSSR count). The van der Waals surface area contributed by atoms with Crippen LogP contribution in [-0.2, 0) is 0 Å². The van der Waals surface area contributed by atoms with Crippen LogP contribution < -0.4 is 5.32 Å². The van der Waals surface area contributed by atoms with Crippen molar-refractivity contribution in [3.05, 3.63) is 18.1 Å². The number of aliphatic hydroxyl groups excluding tert-OH is 1. The summed E-state index contributed by atoms with van der Waals surface area (Å²) in [5, 5.41) is 13.0. The first kappa shape index (κ1) is 12.9. The van der Waals surface area contributed by atoms with Crippen LogP contribution in [-0.4, -0.2) is 27.7 Å². The highest BCUT2D eigenvalue weighted by molar-refractivity contribution is 5.31. The van der Waals surface area contributed by atoms with E-state index in [1.54, 1.807) is 12.4 Å². The average Bonchev–Trinajstić information content (AvgIpc) is 2.28. The number of nitrogens with zero attached hydrogens (tertiary/aromatic N) is 2. The van der Waals surface area contributed by atoms with Crippen molar-refractivity contribution in [2.75, 3.05) is 11.9 Å². The molecule has 0 aliphatic heterocycles. The second-order valence-electron chi connectivity index (χ2n) is 4.07. The Balaban J connectivity index is 2.45. The summed E-state index contributed by atoms with van der Waals surface area (Å²) in [5.41, 5.74) is 0.877. The summed E-state index contributed by atoms with van der Waals surface area (Å²) in [6.07, 6.45) is 5.06. The molecule has 16 heavy (non-hydrogen) atoms. The zero-order valence-corrected chi connectivity index (χ0v) is 10.3. The van der Waals surface area contributed by atoms with Gasteiger partial charge in [0.25, 0.3) is 0 Å². The molecule has 1 aromatic heterocycles. The minimum atomic E-state index is -0.322. The highest BCUT2D eigenvalue weighted by Gasteiger charge is 2.14. The van der Waals surface area contributed by atoms with Gasteiger partial charge in [-0.15, -0.1) is 0 Å². The first-order valence-corrected chi connectivity index (χ1v) is 5.88. The number of nitrogens with one attached hydrogen (secondary N) is 1. The van der Waals surface area contributed by atoms with Crippen LogP contribution in [0.5, 0.6) is 0 Å². The standard InChI is InChI=1S/C12H21N3O/c1-4-10(5-2)11(16)7-14-12-8-13-6-9(3)15-12/h6,8,10-11,16H,4-5,7H2,1-3H3,(H,14,15). The topological polar surface area (TPSA) is 58.0 Å². The van der Waals surface area contributed by atoms with E-state index in [1.807, 2.05) is 6.92 Å². The van der Waals surface area contributed by atoms with Gasteiger partial charge in [-0.05, 0) is 12.8 Å². The van der Waals surface area contributed by atoms with Gasteiger partial charge in [0.2, 0.25) is 0 Å². The van der Waals surface area contributed by atoms with Crippen LogP contribution >= 0.6 is 0 Å². The van der Waals surface area contributed by atoms with Gasteiger partial charge in [-0.3, -0.25) is 4.98 Å². The van der Waals surface area contributed by atoms with Crippen molar-refractivity contribution in [2.45, 2.75) is 39.7 Å². The molecule has 4 heteroatoms. The van der Waals surface area contributed by atoms with E-state index >= 15 is 0 Å². The number of aliphatic hydroxyl groups is 1. The molecule has 0 amide bonds. The molecular formula is C12H21N3O. The third kappa shape index (κ3) is 3.77. The van der Waals surface area contributed by atoms with Crippen molar-refractivity contribution in [3.8, 4) is 0 Å². The maximum absolute atomic E-state index is 9.93. The number of anilines is 1. The largest absolute Gasteiger partial charge is 0.391 e. The Kier molecular flexibility index (Phi) is 5.19. The Morgan fingerprint density at radius 3 is 2.56 bits per heavy atom. The van der Waals surface area contributed by atoms with Gasteiger partial charge in [0.05, 0.1) is 18.0 Å². The fourth-order valence-electron chi connectivity index (χ4n) is 1.76. The third-order valence-electron chi connectivity index (χ3n) is 2.84. The molecule has 1 aromatic rings. The predicted octanol–water partition coefficient (Wildman–Crippen LogP) is 1.99. The number of hydrogen-bond donors (Lipinski definition) is 2. The van der Waals surface area contributed by atoms with Gasteiger partial charge >= 0.3 is 0 Å². The molecule has 0 bridgehead atoms. The molecule has 0 aromatic carbocycles. The summed E-state index contributed by atoms with van der Waals surface area (Å²) in [5.74, 6) is 1.08. The molecule has 1 atom stereocenters. The Hall–Kier alpha value is -1.16. The van der Waals surface area contributed by atoms with Crippen molar-refractivity contribution in [1.82, 2.24) is 9.97 Å². The smallest absolute Gasteiger partial charge is 0.144 e. The molecule has 0 spiro atoms. The van der Waals surface area contributed by atoms with E-state index in [-0.39, 0.29) is 6.10 Å². The molecule has 0 fully saturated rings. The minimum Gasteiger partial charge on any atom is -0.391 e. The lowest BCUT2D eigenvalue weighted by Crippen LogP contribution is -2.28. The number of aromatic nitrogens is 2. The Morgan fingerprint density at radius 1 is 1.31 bits per heavy atom. The lowest BCUT2D eigenvalue weighted by Gasteiger charge is -2.20. The second-order valence-corrected chi connectivity index (χ2v) is 4.07. The zero-order valence-electron chi connectivity index (χ0n) is 10.3. The molecular weight excluding hydrogens is 202 g/mol. The van der Waals surface area contributed by atoms with Crippen LogP contribution in [0.2, 0.25) is 0 Å². The van der Waals surface area contributed by atoms with Crippen LogP contribution in [0, 0.1) is 12.8 Å². The Bertz CT molecular complexity index is 313. The Morgan fingerprint density at radius 2 is 2.00 bits per heavy atom. The van der Waals surface area contributed by atoms with Gasteiger partial charge in [-0.2, -0.15) is 0 Å². The van der Waals surface area contributed by atoms with Crippen molar-refractivity contribution in [3.63, 3.8) is 0 Å². The van der Waals surface area contributed by atoms with Gasteiger partial charge in [0.15, 0.2) is 0 Å². The number of hydrogen-bond acceptors (Lipinski definition) is 4. The van der Waals surface area contributed by atoms with E-state index in [0.29, 0.717) is 12.5 Å². The molecule has 2 N–H and O–H groups in total. The molecule has 90 valence electrons. The van der Waals surface area contributed by atoms with E-state index < -0.39 is 0 Å². The zero-order chi connectivity index (χ0) is 12.0. The molecule has 0 aliphatic carbocycles. The molecule has 1 heterocycles. The van der Waals surface area contributed by atoms with Crippen LogP contribution in [0.15, 0.2) is 12.4 Å². The number of rotatable bonds is 6. The molecule has 0 saturated heterocycles. The van der Waals surface area contributed by atoms with Crippen LogP contribution in [0.1, 0.15) is 32.4 Å². The minimum absolute atomic E-state index is 0.322. The summed E-state index contributed by atoms with van der Waals surface area (Å²) in [7, 11) is 0. The third-order valence-corrected chi connectivity index (χ3v) is 2.84. The lowest BCUT2D eigenvalue weighted by molar-refractivity contribution is 0.114. The summed E-state index contributed by atoms with van der Waals surface area (Å²) >= 11 is 0. The maximum atomic E-state index is 9.93. The quantitative estimate of drug-likeness (QED) is 0.774. The summed E-state index contributed by atoms with van der Waals surface area (Å²) in [6, 6.07) is 0. The van der Waals surface area contributed by atoms with E-state index in [2.05, 4.69) is 29.1 Å². The predicted molar refractivity (Wildman–Crippen MR) is 65.3 cm³/mol. The molecule has 0 saturated carbocycles. The van der Waals surface area contributed by atoms with Crippen molar-refractivity contribution in [1.29, 1.82) is 0 Å². The first-order valence-electron chi connectivity index (χ1n) is 5.88. The van der Waals surface area contributed by atoms with Crippen molar-refractivity contribution in [2.24, 2.45) is 5.92 Å². The van der Waals surface area contributed by atoms with Crippen LogP contribution in [0.3, 0.4) is 0 Å². The van der Waals surface area contributed by atoms with Gasteiger partial charge in [0, 0.05) is 12.7 Å². The van der Waals surface area contributed by atoms with Gasteiger partial charge < -0.3 is 10.4 Å². The molecule has 1 unspecified atom stereocenters. The fourth-order valence-corrected chi connectivity index (χ4v) is 1.76. The van der Waals surface area contributed by atoms with E-state index in [4.69, 9.17) is 0 Å². The highest BCUT2D eigenvalue weighted by atomic mass is 16.3. The SMILES string of the molecule is CCC(CC)C(O)CNc1cncc(C)n1. The lowest BCUT2D eigenvalue weighted by atomic mass is 9.97. The second kappa shape index (κ2) is 6.43. The van der Waals surface area contributed by atoms with Gasteiger partial charge in [-0.1, -0.05) is 26.7 Å². The van der Waals surface area contributed by atoms with Crippen molar-refractivity contribution < 1.29 is 5.11 Å². The maximum Gasteiger partial charge on any atom is 0.144 e. The first-order chi connectivity index (χ1) is 7.67.